The predicted molar refractivity (Wildman–Crippen MR) is 111 cm³/mol. The Morgan fingerprint density at radius 3 is 2.90 bits per heavy atom. The van der Waals surface area contributed by atoms with Gasteiger partial charge < -0.3 is 15.3 Å². The number of carbonyl (C=O) groups is 1. The van der Waals surface area contributed by atoms with Crippen LogP contribution in [0.25, 0.3) is 11.6 Å². The van der Waals surface area contributed by atoms with Crippen LogP contribution < -0.4 is 10.5 Å². The Kier molecular flexibility index (Phi) is 6.94. The van der Waals surface area contributed by atoms with Crippen molar-refractivity contribution in [1.82, 2.24) is 14.6 Å². The zero-order valence-corrected chi connectivity index (χ0v) is 16.5. The van der Waals surface area contributed by atoms with Gasteiger partial charge in [0, 0.05) is 29.9 Å². The molecule has 0 saturated carbocycles. The highest BCUT2D eigenvalue weighted by molar-refractivity contribution is 5.75. The quantitative estimate of drug-likeness (QED) is 0.290. The predicted octanol–water partition coefficient (Wildman–Crippen LogP) is 5.19. The third-order valence-electron chi connectivity index (χ3n) is 4.61. The van der Waals surface area contributed by atoms with Gasteiger partial charge in [-0.05, 0) is 43.9 Å². The minimum Gasteiger partial charge on any atom is -0.434 e. The van der Waals surface area contributed by atoms with Crippen molar-refractivity contribution in [2.45, 2.75) is 45.4 Å². The average molecular weight is 396 g/mol. The van der Waals surface area contributed by atoms with Crippen LogP contribution in [0.5, 0.6) is 11.6 Å². The fourth-order valence-corrected chi connectivity index (χ4v) is 3.23. The number of aromatic nitrogens is 3. The summed E-state index contributed by atoms with van der Waals surface area (Å²) in [6.45, 7) is 2.14. The Bertz CT molecular complexity index is 1010. The molecule has 0 amide bonds. The Balaban J connectivity index is 1.93. The van der Waals surface area contributed by atoms with Gasteiger partial charge in [-0.2, -0.15) is 10.1 Å². The molecule has 3 rings (SSSR count). The van der Waals surface area contributed by atoms with E-state index in [-0.39, 0.29) is 11.6 Å². The molecule has 0 radical (unpaired) electrons. The van der Waals surface area contributed by atoms with E-state index < -0.39 is 5.82 Å². The topological polar surface area (TPSA) is 82.5 Å². The molecule has 0 aliphatic rings. The van der Waals surface area contributed by atoms with Crippen LogP contribution in [0.2, 0.25) is 0 Å². The van der Waals surface area contributed by atoms with E-state index in [2.05, 4.69) is 23.1 Å². The first kappa shape index (κ1) is 20.5. The molecule has 2 N–H and O–H groups in total. The number of rotatable bonds is 10. The second-order valence-electron chi connectivity index (χ2n) is 6.89. The van der Waals surface area contributed by atoms with Crippen LogP contribution in [0, 0.1) is 5.82 Å². The molecule has 0 atom stereocenters. The van der Waals surface area contributed by atoms with Crippen molar-refractivity contribution in [1.29, 1.82) is 0 Å². The van der Waals surface area contributed by atoms with Crippen molar-refractivity contribution >= 4 is 23.6 Å². The monoisotopic (exact) mass is 396 g/mol. The Morgan fingerprint density at radius 1 is 1.28 bits per heavy atom. The molecule has 152 valence electrons. The van der Waals surface area contributed by atoms with Crippen LogP contribution in [-0.2, 0) is 4.79 Å². The number of nitrogens with zero attached hydrogens (tertiary/aromatic N) is 3. The molecule has 1 aromatic carbocycles. The van der Waals surface area contributed by atoms with Gasteiger partial charge in [0.1, 0.15) is 18.1 Å². The number of benzene rings is 1. The Labute approximate surface area is 169 Å². The van der Waals surface area contributed by atoms with E-state index in [9.17, 15) is 9.18 Å². The van der Waals surface area contributed by atoms with Crippen LogP contribution in [0.1, 0.15) is 51.0 Å². The molecule has 0 aliphatic heterocycles. The van der Waals surface area contributed by atoms with Crippen molar-refractivity contribution in [3.8, 4) is 11.6 Å². The van der Waals surface area contributed by atoms with Gasteiger partial charge >= 0.3 is 0 Å². The van der Waals surface area contributed by atoms with Gasteiger partial charge in [0.2, 0.25) is 5.88 Å². The Hall–Kier alpha value is -3.22. The maximum Gasteiger partial charge on any atom is 0.247 e. The van der Waals surface area contributed by atoms with E-state index in [1.807, 2.05) is 12.3 Å². The minimum atomic E-state index is -0.549. The van der Waals surface area contributed by atoms with E-state index in [0.29, 0.717) is 17.6 Å². The first-order chi connectivity index (χ1) is 14.1. The lowest BCUT2D eigenvalue weighted by atomic mass is 10.0. The van der Waals surface area contributed by atoms with Crippen LogP contribution in [0.4, 0.5) is 10.1 Å². The largest absolute Gasteiger partial charge is 0.434 e. The molecular weight excluding hydrogens is 371 g/mol. The summed E-state index contributed by atoms with van der Waals surface area (Å²) in [7, 11) is 0. The number of ether oxygens (including phenoxy) is 1. The first-order valence-corrected chi connectivity index (χ1v) is 9.80. The van der Waals surface area contributed by atoms with Crippen molar-refractivity contribution in [3.05, 3.63) is 53.7 Å². The van der Waals surface area contributed by atoms with Crippen LogP contribution in [0.15, 0.2) is 42.4 Å². The number of fused-ring (bicyclic) bond motifs is 1. The maximum absolute atomic E-state index is 14.2. The molecule has 0 spiro atoms. The molecule has 3 aromatic rings. The van der Waals surface area contributed by atoms with Gasteiger partial charge in [0.05, 0.1) is 0 Å². The van der Waals surface area contributed by atoms with Gasteiger partial charge in [-0.15, -0.1) is 0 Å². The molecule has 6 nitrogen and oxygen atoms in total. The van der Waals surface area contributed by atoms with E-state index in [4.69, 9.17) is 10.5 Å². The molecule has 2 heterocycles. The fraction of sp³-hybridized carbons (Fsp3) is 0.318. The van der Waals surface area contributed by atoms with Crippen LogP contribution >= 0.6 is 0 Å². The zero-order valence-electron chi connectivity index (χ0n) is 16.5. The number of halogens is 1. The zero-order chi connectivity index (χ0) is 20.6. The number of nitrogens with two attached hydrogens (primary N) is 1. The second-order valence-corrected chi connectivity index (χ2v) is 6.89. The van der Waals surface area contributed by atoms with Gasteiger partial charge in [0.15, 0.2) is 11.6 Å². The van der Waals surface area contributed by atoms with E-state index in [0.717, 1.165) is 44.0 Å². The van der Waals surface area contributed by atoms with Gasteiger partial charge in [-0.1, -0.05) is 25.0 Å². The number of allylic oxidation sites excluding steroid dienone is 1. The molecule has 7 heteroatoms. The highest BCUT2D eigenvalue weighted by Crippen LogP contribution is 2.31. The SMILES string of the molecule is CCC/C(=C/c1ccn2ncnc(Oc3ccc(N)cc3F)c12)CCCCC=O. The summed E-state index contributed by atoms with van der Waals surface area (Å²) in [5.74, 6) is -0.220. The summed E-state index contributed by atoms with van der Waals surface area (Å²) in [5, 5.41) is 4.22. The van der Waals surface area contributed by atoms with E-state index >= 15 is 0 Å². The number of hydrogen-bond donors (Lipinski definition) is 1. The fourth-order valence-electron chi connectivity index (χ4n) is 3.23. The molecule has 0 unspecified atom stereocenters. The van der Waals surface area contributed by atoms with Crippen LogP contribution in [-0.4, -0.2) is 20.9 Å². The summed E-state index contributed by atoms with van der Waals surface area (Å²) in [6, 6.07) is 6.22. The maximum atomic E-state index is 14.2. The second kappa shape index (κ2) is 9.82. The minimum absolute atomic E-state index is 0.0542. The lowest BCUT2D eigenvalue weighted by molar-refractivity contribution is -0.107. The van der Waals surface area contributed by atoms with Crippen molar-refractivity contribution in [2.75, 3.05) is 5.73 Å². The highest BCUT2D eigenvalue weighted by atomic mass is 19.1. The van der Waals surface area contributed by atoms with Crippen LogP contribution in [0.3, 0.4) is 0 Å². The summed E-state index contributed by atoms with van der Waals surface area (Å²) in [5.41, 5.74) is 8.81. The molecule has 0 aliphatic carbocycles. The molecule has 0 saturated heterocycles. The number of unbranched alkanes of at least 4 members (excludes halogenated alkanes) is 2. The average Bonchev–Trinajstić information content (AvgIpc) is 3.11. The number of hydrogen-bond acceptors (Lipinski definition) is 5. The third kappa shape index (κ3) is 5.19. The number of anilines is 1. The summed E-state index contributed by atoms with van der Waals surface area (Å²) in [6.07, 6.45) is 11.6. The molecule has 0 fully saturated rings. The van der Waals surface area contributed by atoms with E-state index in [1.165, 1.54) is 24.0 Å². The van der Waals surface area contributed by atoms with E-state index in [1.54, 1.807) is 10.6 Å². The lowest BCUT2D eigenvalue weighted by Crippen LogP contribution is -1.98. The molecular formula is C22H25FN4O2. The smallest absolute Gasteiger partial charge is 0.247 e. The molecule has 2 aromatic heterocycles. The molecule has 0 bridgehead atoms. The Morgan fingerprint density at radius 2 is 2.14 bits per heavy atom. The van der Waals surface area contributed by atoms with Crippen molar-refractivity contribution in [3.63, 3.8) is 0 Å². The normalized spacial score (nSPS) is 11.7. The highest BCUT2D eigenvalue weighted by Gasteiger charge is 2.14. The number of aldehydes is 1. The lowest BCUT2D eigenvalue weighted by Gasteiger charge is -2.09. The molecule has 29 heavy (non-hydrogen) atoms. The van der Waals surface area contributed by atoms with Crippen molar-refractivity contribution in [2.24, 2.45) is 0 Å². The van der Waals surface area contributed by atoms with Crippen molar-refractivity contribution < 1.29 is 13.9 Å². The first-order valence-electron chi connectivity index (χ1n) is 9.80. The van der Waals surface area contributed by atoms with Gasteiger partial charge in [0.25, 0.3) is 0 Å². The summed E-state index contributed by atoms with van der Waals surface area (Å²) < 4.78 is 21.6. The number of carbonyl (C=O) groups excluding carboxylic acids is 1. The summed E-state index contributed by atoms with van der Waals surface area (Å²) >= 11 is 0. The number of nitrogen functional groups attached to an aromatic ring is 1. The third-order valence-corrected chi connectivity index (χ3v) is 4.61. The standard InChI is InChI=1S/C22H25FN4O2/c1-2-6-16(7-4-3-5-12-28)13-17-10-11-27-21(17)22(25-15-26-27)29-20-9-8-18(24)14-19(20)23/h8-15H,2-7,24H2,1H3/b16-13-. The van der Waals surface area contributed by atoms with Gasteiger partial charge in [-0.3, -0.25) is 0 Å². The summed E-state index contributed by atoms with van der Waals surface area (Å²) in [4.78, 5) is 14.7. The van der Waals surface area contributed by atoms with Gasteiger partial charge in [-0.25, -0.2) is 8.91 Å².